The molecular weight excluding hydrogens is 680 g/mol. The van der Waals surface area contributed by atoms with Gasteiger partial charge in [-0.05, 0) is 112 Å². The summed E-state index contributed by atoms with van der Waals surface area (Å²) in [6, 6.07) is 13.5. The molecule has 0 aliphatic heterocycles. The van der Waals surface area contributed by atoms with Crippen molar-refractivity contribution in [1.82, 2.24) is 0 Å². The molecule has 0 saturated carbocycles. The van der Waals surface area contributed by atoms with Crippen molar-refractivity contribution in [2.45, 2.75) is 143 Å². The molecule has 0 heterocycles. The van der Waals surface area contributed by atoms with Crippen molar-refractivity contribution in [3.8, 4) is 11.1 Å². The summed E-state index contributed by atoms with van der Waals surface area (Å²) in [5, 5.41) is 18.6. The topological polar surface area (TPSA) is 58.9 Å². The second-order valence-corrected chi connectivity index (χ2v) is 14.5. The lowest BCUT2D eigenvalue weighted by atomic mass is 9.70. The number of hydrogen-bond donors (Lipinski definition) is 2. The number of aliphatic hydroxyl groups excluding tert-OH is 2. The third kappa shape index (κ3) is 12.1. The monoisotopic (exact) mass is 740 g/mol. The molecular formula is C38H62Br2O4. The quantitative estimate of drug-likeness (QED) is 0.169. The molecule has 0 aromatic heterocycles. The smallest absolute Gasteiger partial charge is 0.0705 e. The second-order valence-electron chi connectivity index (χ2n) is 12.6. The Balaban J connectivity index is 0.00000125. The minimum absolute atomic E-state index is 0.0525. The number of hydrogen-bond acceptors (Lipinski definition) is 4. The molecule has 1 aliphatic rings. The van der Waals surface area contributed by atoms with E-state index >= 15 is 0 Å². The van der Waals surface area contributed by atoms with Gasteiger partial charge in [0, 0.05) is 14.4 Å². The van der Waals surface area contributed by atoms with Gasteiger partial charge in [-0.25, -0.2) is 0 Å². The molecule has 0 bridgehead atoms. The summed E-state index contributed by atoms with van der Waals surface area (Å²) in [5.41, 5.74) is 4.89. The first kappa shape index (κ1) is 41.3. The van der Waals surface area contributed by atoms with Gasteiger partial charge >= 0.3 is 0 Å². The molecule has 0 fully saturated rings. The maximum absolute atomic E-state index is 9.31. The minimum Gasteiger partial charge on any atom is -0.394 e. The van der Waals surface area contributed by atoms with E-state index in [-0.39, 0.29) is 29.8 Å². The van der Waals surface area contributed by atoms with E-state index in [1.54, 1.807) is 0 Å². The van der Waals surface area contributed by atoms with Crippen LogP contribution < -0.4 is 0 Å². The van der Waals surface area contributed by atoms with Gasteiger partial charge < -0.3 is 19.7 Å². The van der Waals surface area contributed by atoms with Gasteiger partial charge in [-0.1, -0.05) is 105 Å². The molecule has 252 valence electrons. The average Bonchev–Trinajstić information content (AvgIpc) is 3.27. The van der Waals surface area contributed by atoms with Crippen LogP contribution in [0.15, 0.2) is 45.3 Å². The normalized spacial score (nSPS) is 15.5. The van der Waals surface area contributed by atoms with Crippen molar-refractivity contribution in [2.24, 2.45) is 0 Å². The van der Waals surface area contributed by atoms with E-state index in [2.05, 4.69) is 124 Å². The van der Waals surface area contributed by atoms with Crippen molar-refractivity contribution in [1.29, 1.82) is 0 Å². The zero-order valence-corrected chi connectivity index (χ0v) is 32.2. The van der Waals surface area contributed by atoms with Crippen LogP contribution in [0.5, 0.6) is 0 Å². The van der Waals surface area contributed by atoms with Crippen LogP contribution in [0, 0.1) is 0 Å². The van der Waals surface area contributed by atoms with Crippen LogP contribution in [0.25, 0.3) is 11.1 Å². The van der Waals surface area contributed by atoms with Gasteiger partial charge in [-0.2, -0.15) is 0 Å². The summed E-state index contributed by atoms with van der Waals surface area (Å²) >= 11 is 7.52. The molecule has 0 radical (unpaired) electrons. The SMILES string of the molecule is CCC.CCC(C)(CCCC1(CCCC(C)(CC)OCCO)c2cc(Br)ccc2-c2ccc(Br)cc21)OCCO.CCCC. The van der Waals surface area contributed by atoms with E-state index in [0.717, 1.165) is 60.3 Å². The molecule has 2 aromatic carbocycles. The van der Waals surface area contributed by atoms with Gasteiger partial charge in [0.1, 0.15) is 0 Å². The van der Waals surface area contributed by atoms with Crippen molar-refractivity contribution in [3.63, 3.8) is 0 Å². The van der Waals surface area contributed by atoms with Crippen LogP contribution in [0.1, 0.15) is 137 Å². The summed E-state index contributed by atoms with van der Waals surface area (Å²) in [7, 11) is 0. The predicted octanol–water partition coefficient (Wildman–Crippen LogP) is 11.4. The molecule has 0 spiro atoms. The number of benzene rings is 2. The third-order valence-electron chi connectivity index (χ3n) is 8.98. The maximum Gasteiger partial charge on any atom is 0.0705 e. The number of fused-ring (bicyclic) bond motifs is 3. The van der Waals surface area contributed by atoms with E-state index in [1.165, 1.54) is 41.5 Å². The lowest BCUT2D eigenvalue weighted by molar-refractivity contribution is -0.0565. The number of rotatable bonds is 17. The standard InChI is InChI=1S/C31H44Br2O4.C4H10.C3H8/c1-5-29(3,36-19-17-34)13-7-15-31(16-8-14-30(4,6-2)37-20-18-35)27-21-23(32)9-11-25(27)26-12-10-24(33)22-28(26)31;1-3-4-2;1-3-2/h9-12,21-22,34-35H,5-8,13-20H2,1-4H3;3-4H2,1-2H3;3H2,1-2H3. The molecule has 3 rings (SSSR count). The zero-order valence-electron chi connectivity index (χ0n) is 29.0. The van der Waals surface area contributed by atoms with Crippen LogP contribution in [-0.2, 0) is 14.9 Å². The third-order valence-corrected chi connectivity index (χ3v) is 9.97. The highest BCUT2D eigenvalue weighted by atomic mass is 79.9. The Morgan fingerprint density at radius 1 is 0.659 bits per heavy atom. The number of unbranched alkanes of at least 4 members (excludes halogenated alkanes) is 1. The van der Waals surface area contributed by atoms with E-state index in [1.807, 2.05) is 0 Å². The highest BCUT2D eigenvalue weighted by molar-refractivity contribution is 9.10. The molecule has 0 saturated heterocycles. The summed E-state index contributed by atoms with van der Waals surface area (Å²) in [5.74, 6) is 0. The van der Waals surface area contributed by atoms with Crippen molar-refractivity contribution in [2.75, 3.05) is 26.4 Å². The Kier molecular flexibility index (Phi) is 19.9. The van der Waals surface area contributed by atoms with Crippen LogP contribution in [0.3, 0.4) is 0 Å². The highest BCUT2D eigenvalue weighted by Gasteiger charge is 2.43. The lowest BCUT2D eigenvalue weighted by Crippen LogP contribution is -2.32. The van der Waals surface area contributed by atoms with Crippen LogP contribution in [-0.4, -0.2) is 47.8 Å². The largest absolute Gasteiger partial charge is 0.394 e. The fourth-order valence-electron chi connectivity index (χ4n) is 5.92. The summed E-state index contributed by atoms with van der Waals surface area (Å²) in [6.45, 7) is 18.1. The molecule has 2 aromatic rings. The van der Waals surface area contributed by atoms with Gasteiger partial charge in [-0.3, -0.25) is 0 Å². The van der Waals surface area contributed by atoms with Crippen molar-refractivity contribution in [3.05, 3.63) is 56.5 Å². The van der Waals surface area contributed by atoms with Gasteiger partial charge in [0.25, 0.3) is 0 Å². The molecule has 2 N–H and O–H groups in total. The zero-order chi connectivity index (χ0) is 33.2. The summed E-state index contributed by atoms with van der Waals surface area (Å²) in [4.78, 5) is 0. The van der Waals surface area contributed by atoms with E-state index < -0.39 is 0 Å². The molecule has 44 heavy (non-hydrogen) atoms. The second kappa shape index (κ2) is 21.2. The molecule has 4 nitrogen and oxygen atoms in total. The first-order valence-electron chi connectivity index (χ1n) is 17.1. The van der Waals surface area contributed by atoms with Crippen molar-refractivity contribution >= 4 is 31.9 Å². The van der Waals surface area contributed by atoms with E-state index in [0.29, 0.717) is 13.2 Å². The van der Waals surface area contributed by atoms with Gasteiger partial charge in [-0.15, -0.1) is 0 Å². The Hall–Kier alpha value is -0.760. The van der Waals surface area contributed by atoms with E-state index in [4.69, 9.17) is 9.47 Å². The Morgan fingerprint density at radius 3 is 1.32 bits per heavy atom. The fourth-order valence-corrected chi connectivity index (χ4v) is 6.64. The molecule has 2 atom stereocenters. The predicted molar refractivity (Wildman–Crippen MR) is 196 cm³/mol. The van der Waals surface area contributed by atoms with Gasteiger partial charge in [0.15, 0.2) is 0 Å². The Bertz CT molecular complexity index is 991. The van der Waals surface area contributed by atoms with Crippen LogP contribution >= 0.6 is 31.9 Å². The average molecular weight is 743 g/mol. The molecule has 2 unspecified atom stereocenters. The first-order valence-corrected chi connectivity index (χ1v) is 18.7. The van der Waals surface area contributed by atoms with Crippen LogP contribution in [0.4, 0.5) is 0 Å². The summed E-state index contributed by atoms with van der Waals surface area (Å²) in [6.07, 6.45) is 11.7. The fraction of sp³-hybridized carbons (Fsp3) is 0.684. The summed E-state index contributed by atoms with van der Waals surface area (Å²) < 4.78 is 14.4. The molecule has 1 aliphatic carbocycles. The highest BCUT2D eigenvalue weighted by Crippen LogP contribution is 2.55. The molecule has 6 heteroatoms. The number of ether oxygens (including phenoxy) is 2. The Morgan fingerprint density at radius 2 is 1.02 bits per heavy atom. The Labute approximate surface area is 287 Å². The minimum atomic E-state index is -0.234. The van der Waals surface area contributed by atoms with Crippen LogP contribution in [0.2, 0.25) is 0 Å². The maximum atomic E-state index is 9.31. The van der Waals surface area contributed by atoms with Gasteiger partial charge in [0.2, 0.25) is 0 Å². The number of aliphatic hydroxyl groups is 2. The van der Waals surface area contributed by atoms with E-state index in [9.17, 15) is 10.2 Å². The number of halogens is 2. The van der Waals surface area contributed by atoms with Gasteiger partial charge in [0.05, 0.1) is 37.6 Å². The first-order chi connectivity index (χ1) is 21.0. The lowest BCUT2D eigenvalue weighted by Gasteiger charge is -2.36. The molecule has 0 amide bonds. The van der Waals surface area contributed by atoms with Crippen molar-refractivity contribution < 1.29 is 19.7 Å².